The molecule has 0 bridgehead atoms. The number of para-hydroxylation sites is 1. The first-order valence-corrected chi connectivity index (χ1v) is 7.50. The van der Waals surface area contributed by atoms with Crippen molar-refractivity contribution >= 4 is 11.6 Å². The molecule has 0 saturated carbocycles. The van der Waals surface area contributed by atoms with E-state index in [1.807, 2.05) is 54.1 Å². The highest BCUT2D eigenvalue weighted by molar-refractivity contribution is 6.05. The molecule has 6 nitrogen and oxygen atoms in total. The van der Waals surface area contributed by atoms with Crippen LogP contribution < -0.4 is 4.90 Å². The van der Waals surface area contributed by atoms with Crippen LogP contribution in [0.2, 0.25) is 0 Å². The Balaban J connectivity index is 1.86. The van der Waals surface area contributed by atoms with E-state index in [1.165, 1.54) is 0 Å². The highest BCUT2D eigenvalue weighted by Crippen LogP contribution is 2.17. The van der Waals surface area contributed by atoms with Crippen molar-refractivity contribution in [2.45, 2.75) is 20.4 Å². The minimum Gasteiger partial charge on any atom is -0.340 e. The maximum atomic E-state index is 12.9. The number of nitrogens with zero attached hydrogens (tertiary/aromatic N) is 4. The first kappa shape index (κ1) is 15.0. The van der Waals surface area contributed by atoms with Gasteiger partial charge >= 0.3 is 0 Å². The Morgan fingerprint density at radius 2 is 2.00 bits per heavy atom. The third-order valence-corrected chi connectivity index (χ3v) is 3.56. The molecule has 0 aliphatic rings. The van der Waals surface area contributed by atoms with Gasteiger partial charge in [-0.05, 0) is 31.2 Å². The second-order valence-corrected chi connectivity index (χ2v) is 5.14. The fourth-order valence-electron chi connectivity index (χ4n) is 2.49. The summed E-state index contributed by atoms with van der Waals surface area (Å²) in [6.07, 6.45) is 1.84. The number of benzene rings is 1. The van der Waals surface area contributed by atoms with Gasteiger partial charge in [-0.1, -0.05) is 23.4 Å². The topological polar surface area (TPSA) is 64.2 Å². The van der Waals surface area contributed by atoms with E-state index in [0.717, 1.165) is 5.69 Å². The number of aryl methyl sites for hydroxylation is 1. The lowest BCUT2D eigenvalue weighted by Gasteiger charge is -2.21. The van der Waals surface area contributed by atoms with Crippen molar-refractivity contribution in [3.63, 3.8) is 0 Å². The van der Waals surface area contributed by atoms with Gasteiger partial charge < -0.3 is 14.0 Å². The second-order valence-electron chi connectivity index (χ2n) is 5.14. The summed E-state index contributed by atoms with van der Waals surface area (Å²) in [5.41, 5.74) is 1.47. The SMILES string of the molecule is CCN(C(=O)c1cccn1Cc1noc(C)n1)c1ccccc1. The summed E-state index contributed by atoms with van der Waals surface area (Å²) in [7, 11) is 0. The standard InChI is InChI=1S/C17H18N4O2/c1-3-21(14-8-5-4-6-9-14)17(22)15-10-7-11-20(15)12-16-18-13(2)23-19-16/h4-11H,3,12H2,1-2H3. The Morgan fingerprint density at radius 1 is 1.22 bits per heavy atom. The molecule has 0 aliphatic heterocycles. The molecule has 118 valence electrons. The summed E-state index contributed by atoms with van der Waals surface area (Å²) >= 11 is 0. The van der Waals surface area contributed by atoms with E-state index < -0.39 is 0 Å². The molecule has 0 fully saturated rings. The number of anilines is 1. The molecule has 6 heteroatoms. The molecule has 0 spiro atoms. The molecule has 0 aliphatic carbocycles. The van der Waals surface area contributed by atoms with Crippen LogP contribution in [0.25, 0.3) is 0 Å². The van der Waals surface area contributed by atoms with Crippen LogP contribution in [0.3, 0.4) is 0 Å². The average Bonchev–Trinajstić information content (AvgIpc) is 3.18. The van der Waals surface area contributed by atoms with Crippen LogP contribution >= 0.6 is 0 Å². The lowest BCUT2D eigenvalue weighted by atomic mass is 10.2. The van der Waals surface area contributed by atoms with E-state index in [2.05, 4.69) is 10.1 Å². The van der Waals surface area contributed by atoms with E-state index in [-0.39, 0.29) is 5.91 Å². The number of hydrogen-bond donors (Lipinski definition) is 0. The molecule has 3 aromatic rings. The van der Waals surface area contributed by atoms with Crippen LogP contribution in [0.4, 0.5) is 5.69 Å². The molecule has 0 saturated heterocycles. The van der Waals surface area contributed by atoms with Crippen molar-refractivity contribution < 1.29 is 9.32 Å². The van der Waals surface area contributed by atoms with Crippen LogP contribution in [0, 0.1) is 6.92 Å². The van der Waals surface area contributed by atoms with Crippen LogP contribution in [0.5, 0.6) is 0 Å². The van der Waals surface area contributed by atoms with Crippen molar-refractivity contribution in [2.24, 2.45) is 0 Å². The van der Waals surface area contributed by atoms with Crippen molar-refractivity contribution in [3.8, 4) is 0 Å². The first-order chi connectivity index (χ1) is 11.2. The quantitative estimate of drug-likeness (QED) is 0.727. The van der Waals surface area contributed by atoms with Crippen molar-refractivity contribution in [3.05, 3.63) is 66.1 Å². The smallest absolute Gasteiger partial charge is 0.274 e. The van der Waals surface area contributed by atoms with Crippen molar-refractivity contribution in [1.29, 1.82) is 0 Å². The molecule has 1 amide bonds. The van der Waals surface area contributed by atoms with Gasteiger partial charge in [0.05, 0.1) is 6.54 Å². The molecule has 1 aromatic carbocycles. The minimum atomic E-state index is -0.0519. The molecular formula is C17H18N4O2. The maximum absolute atomic E-state index is 12.9. The molecule has 23 heavy (non-hydrogen) atoms. The van der Waals surface area contributed by atoms with E-state index in [0.29, 0.717) is 30.5 Å². The van der Waals surface area contributed by atoms with Crippen LogP contribution in [0.15, 0.2) is 53.2 Å². The van der Waals surface area contributed by atoms with Gasteiger partial charge in [-0.25, -0.2) is 0 Å². The summed E-state index contributed by atoms with van der Waals surface area (Å²) in [6, 6.07) is 13.3. The highest BCUT2D eigenvalue weighted by atomic mass is 16.5. The Labute approximate surface area is 134 Å². The number of amides is 1. The van der Waals surface area contributed by atoms with E-state index in [1.54, 1.807) is 17.9 Å². The zero-order valence-corrected chi connectivity index (χ0v) is 13.1. The first-order valence-electron chi connectivity index (χ1n) is 7.50. The molecule has 2 aromatic heterocycles. The fourth-order valence-corrected chi connectivity index (χ4v) is 2.49. The largest absolute Gasteiger partial charge is 0.340 e. The molecule has 0 atom stereocenters. The number of hydrogen-bond acceptors (Lipinski definition) is 4. The van der Waals surface area contributed by atoms with Crippen molar-refractivity contribution in [2.75, 3.05) is 11.4 Å². The van der Waals surface area contributed by atoms with Gasteiger partial charge in [0.25, 0.3) is 5.91 Å². The fraction of sp³-hybridized carbons (Fsp3) is 0.235. The lowest BCUT2D eigenvalue weighted by Crippen LogP contribution is -2.32. The predicted octanol–water partition coefficient (Wildman–Crippen LogP) is 2.89. The minimum absolute atomic E-state index is 0.0519. The summed E-state index contributed by atoms with van der Waals surface area (Å²) in [5.74, 6) is 1.01. The lowest BCUT2D eigenvalue weighted by molar-refractivity contribution is 0.0979. The Morgan fingerprint density at radius 3 is 2.65 bits per heavy atom. The third kappa shape index (κ3) is 3.15. The zero-order chi connectivity index (χ0) is 16.2. The van der Waals surface area contributed by atoms with E-state index >= 15 is 0 Å². The van der Waals surface area contributed by atoms with Gasteiger partial charge in [0.1, 0.15) is 5.69 Å². The third-order valence-electron chi connectivity index (χ3n) is 3.56. The second kappa shape index (κ2) is 6.48. The van der Waals surface area contributed by atoms with Gasteiger partial charge in [-0.15, -0.1) is 0 Å². The maximum Gasteiger partial charge on any atom is 0.274 e. The Kier molecular flexibility index (Phi) is 4.23. The predicted molar refractivity (Wildman–Crippen MR) is 86.4 cm³/mol. The highest BCUT2D eigenvalue weighted by Gasteiger charge is 2.19. The van der Waals surface area contributed by atoms with Gasteiger partial charge in [0.2, 0.25) is 5.89 Å². The zero-order valence-electron chi connectivity index (χ0n) is 13.1. The van der Waals surface area contributed by atoms with Gasteiger partial charge in [-0.3, -0.25) is 4.79 Å². The van der Waals surface area contributed by atoms with Crippen LogP contribution in [0.1, 0.15) is 29.1 Å². The summed E-state index contributed by atoms with van der Waals surface area (Å²) < 4.78 is 6.81. The normalized spacial score (nSPS) is 10.7. The number of carbonyl (C=O) groups excluding carboxylic acids is 1. The van der Waals surface area contributed by atoms with Crippen LogP contribution in [-0.2, 0) is 6.54 Å². The summed E-state index contributed by atoms with van der Waals surface area (Å²) in [5, 5.41) is 3.88. The Bertz CT molecular complexity index is 792. The molecule has 3 rings (SSSR count). The number of rotatable bonds is 5. The van der Waals surface area contributed by atoms with Gasteiger partial charge in [-0.2, -0.15) is 4.98 Å². The molecule has 0 unspecified atom stereocenters. The number of aromatic nitrogens is 3. The number of carbonyl (C=O) groups is 1. The van der Waals surface area contributed by atoms with Crippen LogP contribution in [-0.4, -0.2) is 27.2 Å². The van der Waals surface area contributed by atoms with Gasteiger partial charge in [0.15, 0.2) is 5.82 Å². The average molecular weight is 310 g/mol. The molecule has 0 N–H and O–H groups in total. The Hall–Kier alpha value is -2.89. The summed E-state index contributed by atoms with van der Waals surface area (Å²) in [6.45, 7) is 4.69. The van der Waals surface area contributed by atoms with Gasteiger partial charge in [0, 0.05) is 25.4 Å². The monoisotopic (exact) mass is 310 g/mol. The van der Waals surface area contributed by atoms with Crippen molar-refractivity contribution in [1.82, 2.24) is 14.7 Å². The molecule has 2 heterocycles. The van der Waals surface area contributed by atoms with E-state index in [4.69, 9.17) is 4.52 Å². The van der Waals surface area contributed by atoms with E-state index in [9.17, 15) is 4.79 Å². The molecular weight excluding hydrogens is 292 g/mol. The molecule has 0 radical (unpaired) electrons. The summed E-state index contributed by atoms with van der Waals surface area (Å²) in [4.78, 5) is 18.8.